The molecule has 0 saturated carbocycles. The third kappa shape index (κ3) is 3.92. The second-order valence-electron chi connectivity index (χ2n) is 3.45. The van der Waals surface area contributed by atoms with Crippen LogP contribution in [0.5, 0.6) is 5.75 Å². The lowest BCUT2D eigenvalue weighted by atomic mass is 10.3. The summed E-state index contributed by atoms with van der Waals surface area (Å²) >= 11 is 1.04. The number of nitrogens with zero attached hydrogens (tertiary/aromatic N) is 1. The smallest absolute Gasteiger partial charge is 0.316 e. The zero-order valence-electron chi connectivity index (χ0n) is 9.95. The fourth-order valence-corrected chi connectivity index (χ4v) is 2.12. The first-order valence-electron chi connectivity index (χ1n) is 5.25. The summed E-state index contributed by atoms with van der Waals surface area (Å²) in [6, 6.07) is 4.26. The zero-order chi connectivity index (χ0) is 13.7. The van der Waals surface area contributed by atoms with Crippen LogP contribution in [0.25, 0.3) is 0 Å². The van der Waals surface area contributed by atoms with Gasteiger partial charge in [-0.05, 0) is 19.9 Å². The molecule has 0 heterocycles. The molecule has 1 aromatic rings. The zero-order valence-corrected chi connectivity index (χ0v) is 10.8. The molecule has 0 bridgehead atoms. The number of ether oxygens (including phenoxy) is 1. The van der Waals surface area contributed by atoms with E-state index in [1.807, 2.05) is 0 Å². The number of benzene rings is 1. The van der Waals surface area contributed by atoms with Crippen LogP contribution in [-0.2, 0) is 4.79 Å². The Morgan fingerprint density at radius 1 is 1.56 bits per heavy atom. The average Bonchev–Trinajstić information content (AvgIpc) is 2.28. The highest BCUT2D eigenvalue weighted by Gasteiger charge is 2.16. The Balaban J connectivity index is 3.02. The number of hydrogen-bond acceptors (Lipinski definition) is 5. The van der Waals surface area contributed by atoms with E-state index < -0.39 is 16.1 Å². The van der Waals surface area contributed by atoms with Crippen LogP contribution in [0.3, 0.4) is 0 Å². The van der Waals surface area contributed by atoms with Crippen LogP contribution in [0.4, 0.5) is 5.69 Å². The van der Waals surface area contributed by atoms with Crippen LogP contribution in [-0.4, -0.2) is 27.9 Å². The van der Waals surface area contributed by atoms with E-state index in [0.717, 1.165) is 11.8 Å². The summed E-state index contributed by atoms with van der Waals surface area (Å²) in [4.78, 5) is 21.5. The van der Waals surface area contributed by atoms with Crippen molar-refractivity contribution in [3.63, 3.8) is 0 Å². The van der Waals surface area contributed by atoms with Crippen molar-refractivity contribution < 1.29 is 19.6 Å². The van der Waals surface area contributed by atoms with E-state index in [9.17, 15) is 14.9 Å². The number of nitro benzene ring substituents is 1. The predicted octanol–water partition coefficient (Wildman–Crippen LogP) is 2.56. The molecule has 6 nitrogen and oxygen atoms in total. The maximum absolute atomic E-state index is 10.8. The van der Waals surface area contributed by atoms with Crippen molar-refractivity contribution >= 4 is 23.4 Å². The van der Waals surface area contributed by atoms with E-state index in [2.05, 4.69) is 0 Å². The molecule has 0 aliphatic carbocycles. The molecule has 18 heavy (non-hydrogen) atoms. The highest BCUT2D eigenvalue weighted by Crippen LogP contribution is 2.31. The van der Waals surface area contributed by atoms with Gasteiger partial charge in [0.25, 0.3) is 5.69 Å². The first kappa shape index (κ1) is 14.3. The van der Waals surface area contributed by atoms with Crippen LogP contribution in [0.2, 0.25) is 0 Å². The number of thioether (sulfide) groups is 1. The molecule has 0 aromatic heterocycles. The number of carboxylic acids is 1. The molecule has 0 amide bonds. The van der Waals surface area contributed by atoms with E-state index in [0.29, 0.717) is 17.3 Å². The lowest BCUT2D eigenvalue weighted by molar-refractivity contribution is -0.385. The molecule has 0 spiro atoms. The Morgan fingerprint density at radius 2 is 2.22 bits per heavy atom. The average molecular weight is 271 g/mol. The first-order valence-corrected chi connectivity index (χ1v) is 6.13. The standard InChI is InChI=1S/C11H13NO5S/c1-3-17-9-4-8(12(15)16)5-10(6-9)18-7(2)11(13)14/h4-7H,3H2,1-2H3,(H,13,14). The molecule has 1 N–H and O–H groups in total. The Bertz CT molecular complexity index is 463. The largest absolute Gasteiger partial charge is 0.494 e. The minimum Gasteiger partial charge on any atom is -0.494 e. The molecule has 0 aliphatic heterocycles. The van der Waals surface area contributed by atoms with Gasteiger partial charge in [0.15, 0.2) is 0 Å². The van der Waals surface area contributed by atoms with Crippen LogP contribution in [0.1, 0.15) is 13.8 Å². The van der Waals surface area contributed by atoms with E-state index in [1.54, 1.807) is 13.0 Å². The van der Waals surface area contributed by atoms with Crippen molar-refractivity contribution in [2.24, 2.45) is 0 Å². The van der Waals surface area contributed by atoms with Crippen LogP contribution in [0.15, 0.2) is 23.1 Å². The SMILES string of the molecule is CCOc1cc(SC(C)C(=O)O)cc([N+](=O)[O-])c1. The molecule has 0 fully saturated rings. The van der Waals surface area contributed by atoms with E-state index in [-0.39, 0.29) is 5.69 Å². The van der Waals surface area contributed by atoms with Crippen molar-refractivity contribution in [2.45, 2.75) is 24.0 Å². The fraction of sp³-hybridized carbons (Fsp3) is 0.364. The molecule has 98 valence electrons. The first-order chi connectivity index (χ1) is 8.43. The summed E-state index contributed by atoms with van der Waals surface area (Å²) in [7, 11) is 0. The Kier molecular flexibility index (Phi) is 4.96. The summed E-state index contributed by atoms with van der Waals surface area (Å²) in [6.45, 7) is 3.68. The van der Waals surface area contributed by atoms with Crippen LogP contribution < -0.4 is 4.74 Å². The second kappa shape index (κ2) is 6.25. The van der Waals surface area contributed by atoms with Gasteiger partial charge in [-0.25, -0.2) is 0 Å². The second-order valence-corrected chi connectivity index (χ2v) is 4.87. The van der Waals surface area contributed by atoms with Gasteiger partial charge in [0.2, 0.25) is 0 Å². The number of carbonyl (C=O) groups is 1. The molecule has 0 aliphatic rings. The van der Waals surface area contributed by atoms with Gasteiger partial charge in [0, 0.05) is 11.0 Å². The number of non-ortho nitro benzene ring substituents is 1. The lowest BCUT2D eigenvalue weighted by Gasteiger charge is -2.08. The monoisotopic (exact) mass is 271 g/mol. The molecule has 1 atom stereocenters. The highest BCUT2D eigenvalue weighted by molar-refractivity contribution is 8.00. The minimum atomic E-state index is -0.968. The number of carboxylic acid groups (broad SMARTS) is 1. The van der Waals surface area contributed by atoms with Gasteiger partial charge in [-0.1, -0.05) is 0 Å². The molecular formula is C11H13NO5S. The topological polar surface area (TPSA) is 89.7 Å². The van der Waals surface area contributed by atoms with Crippen LogP contribution >= 0.6 is 11.8 Å². The minimum absolute atomic E-state index is 0.110. The Labute approximate surface area is 108 Å². The van der Waals surface area contributed by atoms with Gasteiger partial charge < -0.3 is 9.84 Å². The number of hydrogen-bond donors (Lipinski definition) is 1. The van der Waals surface area contributed by atoms with Gasteiger partial charge in [-0.15, -0.1) is 11.8 Å². The summed E-state index contributed by atoms with van der Waals surface area (Å²) in [5, 5.41) is 18.9. The van der Waals surface area contributed by atoms with Crippen molar-refractivity contribution in [1.29, 1.82) is 0 Å². The van der Waals surface area contributed by atoms with Gasteiger partial charge in [-0.3, -0.25) is 14.9 Å². The van der Waals surface area contributed by atoms with Gasteiger partial charge in [0.1, 0.15) is 11.0 Å². The van der Waals surface area contributed by atoms with E-state index in [1.165, 1.54) is 19.1 Å². The molecule has 1 aromatic carbocycles. The van der Waals surface area contributed by atoms with Gasteiger partial charge in [-0.2, -0.15) is 0 Å². The van der Waals surface area contributed by atoms with Crippen molar-refractivity contribution in [2.75, 3.05) is 6.61 Å². The number of aliphatic carboxylic acids is 1. The molecule has 0 radical (unpaired) electrons. The Hall–Kier alpha value is -1.76. The fourth-order valence-electron chi connectivity index (χ4n) is 1.23. The van der Waals surface area contributed by atoms with E-state index in [4.69, 9.17) is 9.84 Å². The summed E-state index contributed by atoms with van der Waals surface area (Å²) < 4.78 is 5.21. The maximum Gasteiger partial charge on any atom is 0.316 e. The normalized spacial score (nSPS) is 11.9. The number of nitro groups is 1. The number of rotatable bonds is 6. The summed E-state index contributed by atoms with van der Waals surface area (Å²) in [6.07, 6.45) is 0. The highest BCUT2D eigenvalue weighted by atomic mass is 32.2. The van der Waals surface area contributed by atoms with Crippen molar-refractivity contribution in [3.8, 4) is 5.75 Å². The Morgan fingerprint density at radius 3 is 2.72 bits per heavy atom. The molecule has 7 heteroatoms. The molecular weight excluding hydrogens is 258 g/mol. The lowest BCUT2D eigenvalue weighted by Crippen LogP contribution is -2.11. The quantitative estimate of drug-likeness (QED) is 0.486. The van der Waals surface area contributed by atoms with Gasteiger partial charge in [0.05, 0.1) is 17.6 Å². The molecule has 0 saturated heterocycles. The third-order valence-corrected chi connectivity index (χ3v) is 3.11. The van der Waals surface area contributed by atoms with Crippen molar-refractivity contribution in [3.05, 3.63) is 28.3 Å². The van der Waals surface area contributed by atoms with Gasteiger partial charge >= 0.3 is 5.97 Å². The maximum atomic E-state index is 10.8. The predicted molar refractivity (Wildman–Crippen MR) is 67.2 cm³/mol. The summed E-state index contributed by atoms with van der Waals surface area (Å²) in [5.41, 5.74) is -0.110. The third-order valence-electron chi connectivity index (χ3n) is 2.05. The molecule has 1 rings (SSSR count). The summed E-state index contributed by atoms with van der Waals surface area (Å²) in [5.74, 6) is -0.601. The van der Waals surface area contributed by atoms with Crippen molar-refractivity contribution in [1.82, 2.24) is 0 Å². The molecule has 1 unspecified atom stereocenters. The van der Waals surface area contributed by atoms with Crippen LogP contribution in [0, 0.1) is 10.1 Å². The van der Waals surface area contributed by atoms with E-state index >= 15 is 0 Å².